The van der Waals surface area contributed by atoms with Gasteiger partial charge in [-0.3, -0.25) is 19.8 Å². The van der Waals surface area contributed by atoms with Crippen molar-refractivity contribution in [1.82, 2.24) is 19.2 Å². The van der Waals surface area contributed by atoms with E-state index in [2.05, 4.69) is 9.97 Å². The summed E-state index contributed by atoms with van der Waals surface area (Å²) in [6, 6.07) is 0.637. The monoisotopic (exact) mass is 674 g/mol. The number of halogens is 6. The van der Waals surface area contributed by atoms with Gasteiger partial charge in [0, 0.05) is 75.1 Å². The lowest BCUT2D eigenvalue weighted by atomic mass is 9.92. The van der Waals surface area contributed by atoms with E-state index in [4.69, 9.17) is 4.74 Å². The minimum Gasteiger partial charge on any atom is -0.378 e. The summed E-state index contributed by atoms with van der Waals surface area (Å²) in [6.45, 7) is -0.0953. The predicted octanol–water partition coefficient (Wildman–Crippen LogP) is 2.07. The third-order valence-electron chi connectivity index (χ3n) is 7.83. The van der Waals surface area contributed by atoms with E-state index in [1.165, 1.54) is 4.90 Å². The summed E-state index contributed by atoms with van der Waals surface area (Å²) in [4.78, 5) is 33.4. The van der Waals surface area contributed by atoms with E-state index in [-0.39, 0.29) is 92.7 Å². The molecule has 0 unspecified atom stereocenters. The second-order valence-electron chi connectivity index (χ2n) is 10.5. The maximum atomic E-state index is 13.4. The minimum atomic E-state index is -6.14. The van der Waals surface area contributed by atoms with Gasteiger partial charge in [0.1, 0.15) is 9.99 Å². The summed E-state index contributed by atoms with van der Waals surface area (Å²) in [5.41, 5.74) is -6.88. The third-order valence-corrected chi connectivity index (χ3v) is 11.2. The molecule has 0 spiro atoms. The predicted molar refractivity (Wildman–Crippen MR) is 138 cm³/mol. The smallest absolute Gasteiger partial charge is 0.378 e. The van der Waals surface area contributed by atoms with E-state index in [9.17, 15) is 54.8 Å². The number of carbonyl (C=O) groups excluding carboxylic acids is 1. The summed E-state index contributed by atoms with van der Waals surface area (Å²) in [5, 5.41) is 20.4. The van der Waals surface area contributed by atoms with Gasteiger partial charge in [-0.15, -0.1) is 0 Å². The van der Waals surface area contributed by atoms with Crippen LogP contribution in [0.1, 0.15) is 18.4 Å². The molecule has 242 valence electrons. The quantitative estimate of drug-likeness (QED) is 0.260. The Bertz CT molecular complexity index is 1490. The second-order valence-corrected chi connectivity index (χ2v) is 13.8. The number of anilines is 1. The summed E-state index contributed by atoms with van der Waals surface area (Å²) in [7, 11) is -4.24. The van der Waals surface area contributed by atoms with Gasteiger partial charge in [-0.05, 0) is 17.4 Å². The highest BCUT2D eigenvalue weighted by Gasteiger charge is 2.71. The van der Waals surface area contributed by atoms with Crippen LogP contribution >= 0.6 is 11.3 Å². The molecule has 0 radical (unpaired) electrons. The molecule has 5 heterocycles. The number of alkyl halides is 6. The molecule has 1 N–H and O–H groups in total. The van der Waals surface area contributed by atoms with Crippen molar-refractivity contribution >= 4 is 38.1 Å². The van der Waals surface area contributed by atoms with Gasteiger partial charge in [0.05, 0.1) is 24.2 Å². The van der Waals surface area contributed by atoms with Crippen LogP contribution in [0.3, 0.4) is 0 Å². The Balaban J connectivity index is 1.47. The van der Waals surface area contributed by atoms with Gasteiger partial charge in [0.25, 0.3) is 15.6 Å². The van der Waals surface area contributed by atoms with Crippen LogP contribution in [-0.4, -0.2) is 113 Å². The molecule has 3 saturated heterocycles. The van der Waals surface area contributed by atoms with Gasteiger partial charge in [0.15, 0.2) is 0 Å². The normalized spacial score (nSPS) is 24.5. The van der Waals surface area contributed by atoms with Crippen molar-refractivity contribution in [2.45, 2.75) is 53.1 Å². The number of ketones is 1. The highest BCUT2D eigenvalue weighted by molar-refractivity contribution is 7.91. The molecular weight excluding hydrogens is 650 g/mol. The molecule has 13 nitrogen and oxygen atoms in total. The number of aliphatic hydroxyl groups is 1. The number of nitro groups is 1. The van der Waals surface area contributed by atoms with Crippen LogP contribution in [0.25, 0.3) is 0 Å². The van der Waals surface area contributed by atoms with Crippen LogP contribution in [0.5, 0.6) is 0 Å². The lowest BCUT2D eigenvalue weighted by Crippen LogP contribution is -2.64. The number of rotatable bonds is 7. The van der Waals surface area contributed by atoms with Crippen LogP contribution in [0, 0.1) is 10.1 Å². The molecule has 2 bridgehead atoms. The van der Waals surface area contributed by atoms with Crippen molar-refractivity contribution in [2.24, 2.45) is 0 Å². The summed E-state index contributed by atoms with van der Waals surface area (Å²) in [5.74, 6) is -0.298. The number of aromatic nitrogens is 2. The molecule has 3 atom stereocenters. The zero-order chi connectivity index (χ0) is 32.2. The van der Waals surface area contributed by atoms with E-state index >= 15 is 0 Å². The number of thiophene rings is 1. The highest BCUT2D eigenvalue weighted by atomic mass is 32.2. The molecular formula is C23H24F6N6O7S2. The number of ether oxygens (including phenoxy) is 1. The van der Waals surface area contributed by atoms with Gasteiger partial charge in [-0.25, -0.2) is 18.4 Å². The van der Waals surface area contributed by atoms with Gasteiger partial charge in [-0.2, -0.15) is 30.6 Å². The summed E-state index contributed by atoms with van der Waals surface area (Å²) in [6.07, 6.45) is -11.5. The first-order chi connectivity index (χ1) is 20.4. The largest absolute Gasteiger partial charge is 0.430 e. The molecule has 5 rings (SSSR count). The fourth-order valence-electron chi connectivity index (χ4n) is 5.62. The van der Waals surface area contributed by atoms with Crippen molar-refractivity contribution in [3.8, 4) is 0 Å². The van der Waals surface area contributed by atoms with E-state index < -0.39 is 49.5 Å². The maximum absolute atomic E-state index is 13.4. The van der Waals surface area contributed by atoms with E-state index in [0.29, 0.717) is 11.3 Å². The van der Waals surface area contributed by atoms with Gasteiger partial charge >= 0.3 is 17.4 Å². The number of hydrogen-bond donors (Lipinski definition) is 1. The van der Waals surface area contributed by atoms with Gasteiger partial charge < -0.3 is 14.7 Å². The number of fused-ring (bicyclic) bond motifs is 2. The average molecular weight is 675 g/mol. The SMILES string of the molecule is O=C1C[C@H]2COC[C@@H](C1)N2C[C@H]1CN(S(=O)(=O)c2ccc([N+](=O)[O-])s2)CCN1c1ncc(C(O)(C(F)(F)F)C(F)(F)F)cn1. The van der Waals surface area contributed by atoms with Crippen LogP contribution in [-0.2, 0) is 25.2 Å². The van der Waals surface area contributed by atoms with Crippen molar-refractivity contribution in [3.05, 3.63) is 40.2 Å². The second kappa shape index (κ2) is 11.4. The number of piperazine rings is 1. The first-order valence-corrected chi connectivity index (χ1v) is 15.2. The fourth-order valence-corrected chi connectivity index (χ4v) is 8.35. The molecule has 0 amide bonds. The Kier molecular flexibility index (Phi) is 8.42. The molecule has 0 saturated carbocycles. The Morgan fingerprint density at radius 2 is 1.64 bits per heavy atom. The number of morpholine rings is 1. The Hall–Kier alpha value is -2.98. The summed E-state index contributed by atoms with van der Waals surface area (Å²) < 4.78 is 113. The number of hydrogen-bond acceptors (Lipinski definition) is 12. The van der Waals surface area contributed by atoms with Crippen molar-refractivity contribution in [2.75, 3.05) is 44.3 Å². The highest BCUT2D eigenvalue weighted by Crippen LogP contribution is 2.49. The van der Waals surface area contributed by atoms with Crippen LogP contribution in [0.2, 0.25) is 0 Å². The number of Topliss-reactive ketones (excluding diaryl/α,β-unsaturated/α-hetero) is 1. The van der Waals surface area contributed by atoms with Crippen LogP contribution in [0.4, 0.5) is 37.3 Å². The molecule has 0 aromatic carbocycles. The molecule has 2 aromatic rings. The standard InChI is InChI=1S/C23H24F6N6O7S2/c24-22(25,26)21(37,23(27,28)29)13-7-30-20(31-8-13)33-4-3-32(44(40,41)19-2-1-18(43-19)35(38)39)9-16(33)10-34-14-5-17(36)6-15(34)12-42-11-14/h1-2,7-8,14-16,37H,3-6,9-12H2/t14-,15+,16-/m1/s1. The van der Waals surface area contributed by atoms with Crippen LogP contribution in [0.15, 0.2) is 28.7 Å². The zero-order valence-electron chi connectivity index (χ0n) is 22.4. The molecule has 44 heavy (non-hydrogen) atoms. The lowest BCUT2D eigenvalue weighted by molar-refractivity contribution is -0.380. The van der Waals surface area contributed by atoms with E-state index in [0.717, 1.165) is 16.4 Å². The lowest BCUT2D eigenvalue weighted by Gasteiger charge is -2.49. The van der Waals surface area contributed by atoms with E-state index in [1.54, 1.807) is 0 Å². The number of nitrogens with zero attached hydrogens (tertiary/aromatic N) is 6. The Labute approximate surface area is 249 Å². The first kappa shape index (κ1) is 32.4. The minimum absolute atomic E-state index is 0.0179. The Morgan fingerprint density at radius 3 is 2.16 bits per heavy atom. The zero-order valence-corrected chi connectivity index (χ0v) is 24.0. The fraction of sp³-hybridized carbons (Fsp3) is 0.609. The molecule has 2 aromatic heterocycles. The average Bonchev–Trinajstić information content (AvgIpc) is 3.44. The molecule has 0 aliphatic carbocycles. The molecule has 3 fully saturated rings. The molecule has 3 aliphatic heterocycles. The number of piperidine rings is 1. The van der Waals surface area contributed by atoms with Crippen LogP contribution < -0.4 is 4.90 Å². The molecule has 3 aliphatic rings. The van der Waals surface area contributed by atoms with Gasteiger partial charge in [-0.1, -0.05) is 0 Å². The van der Waals surface area contributed by atoms with Gasteiger partial charge in [0.2, 0.25) is 5.95 Å². The first-order valence-electron chi connectivity index (χ1n) is 13.0. The van der Waals surface area contributed by atoms with Crippen molar-refractivity contribution in [1.29, 1.82) is 0 Å². The van der Waals surface area contributed by atoms with E-state index in [1.807, 2.05) is 4.90 Å². The molecule has 21 heteroatoms. The summed E-state index contributed by atoms with van der Waals surface area (Å²) >= 11 is 0.458. The maximum Gasteiger partial charge on any atom is 0.430 e. The van der Waals surface area contributed by atoms with Crippen molar-refractivity contribution < 1.29 is 54.3 Å². The van der Waals surface area contributed by atoms with Crippen molar-refractivity contribution in [3.63, 3.8) is 0 Å². The Morgan fingerprint density at radius 1 is 1.05 bits per heavy atom. The third kappa shape index (κ3) is 5.75. The number of carbonyl (C=O) groups is 1. The number of sulfonamides is 1. The topological polar surface area (TPSA) is 159 Å².